The Morgan fingerprint density at radius 2 is 1.62 bits per heavy atom. The molecule has 0 aliphatic heterocycles. The number of carbonyl (C=O) groups is 1. The molecule has 2 aromatic carbocycles. The molecule has 0 saturated heterocycles. The van der Waals surface area contributed by atoms with E-state index in [0.717, 1.165) is 10.9 Å². The van der Waals surface area contributed by atoms with Gasteiger partial charge in [0.1, 0.15) is 0 Å². The van der Waals surface area contributed by atoms with Crippen LogP contribution in [0.2, 0.25) is 0 Å². The van der Waals surface area contributed by atoms with E-state index in [2.05, 4.69) is 15.9 Å². The van der Waals surface area contributed by atoms with Crippen LogP contribution < -0.4 is 9.47 Å². The molecule has 0 aromatic heterocycles. The number of carbonyl (C=O) groups excluding carboxylic acids is 1. The number of rotatable bonds is 7. The highest BCUT2D eigenvalue weighted by molar-refractivity contribution is 9.10. The van der Waals surface area contributed by atoms with Gasteiger partial charge in [0.2, 0.25) is 5.78 Å². The van der Waals surface area contributed by atoms with Crippen molar-refractivity contribution in [2.45, 2.75) is 13.3 Å². The molecule has 21 heavy (non-hydrogen) atoms. The Morgan fingerprint density at radius 1 is 1.00 bits per heavy atom. The zero-order valence-corrected chi connectivity index (χ0v) is 13.4. The number of hydrogen-bond donors (Lipinski definition) is 0. The van der Waals surface area contributed by atoms with Gasteiger partial charge in [0.15, 0.2) is 18.1 Å². The minimum Gasteiger partial charge on any atom is -0.490 e. The van der Waals surface area contributed by atoms with E-state index in [4.69, 9.17) is 9.47 Å². The van der Waals surface area contributed by atoms with Crippen molar-refractivity contribution in [1.82, 2.24) is 0 Å². The molecule has 0 N–H and O–H groups in total. The standard InChI is InChI=1S/C17H17BrO3/c1-2-11-20-16-9-5-6-10-17(16)21-12-15(19)13-7-3-4-8-14(13)18/h3-10H,2,11-12H2,1H3. The van der Waals surface area contributed by atoms with Crippen molar-refractivity contribution >= 4 is 21.7 Å². The number of para-hydroxylation sites is 2. The lowest BCUT2D eigenvalue weighted by molar-refractivity contribution is 0.0918. The van der Waals surface area contributed by atoms with Crippen molar-refractivity contribution in [3.05, 3.63) is 58.6 Å². The Kier molecular flexibility index (Phi) is 5.81. The predicted octanol–water partition coefficient (Wildman–Crippen LogP) is 4.50. The van der Waals surface area contributed by atoms with Gasteiger partial charge in [0.05, 0.1) is 6.61 Å². The largest absolute Gasteiger partial charge is 0.490 e. The van der Waals surface area contributed by atoms with Gasteiger partial charge in [-0.25, -0.2) is 0 Å². The first-order valence-corrected chi connectivity index (χ1v) is 7.64. The molecule has 0 heterocycles. The van der Waals surface area contributed by atoms with Crippen LogP contribution in [0.5, 0.6) is 11.5 Å². The molecule has 0 aliphatic carbocycles. The molecule has 0 amide bonds. The highest BCUT2D eigenvalue weighted by Gasteiger charge is 2.12. The van der Waals surface area contributed by atoms with E-state index in [9.17, 15) is 4.79 Å². The van der Waals surface area contributed by atoms with Gasteiger partial charge >= 0.3 is 0 Å². The predicted molar refractivity (Wildman–Crippen MR) is 86.2 cm³/mol. The molecule has 2 rings (SSSR count). The van der Waals surface area contributed by atoms with Crippen LogP contribution in [0.15, 0.2) is 53.0 Å². The van der Waals surface area contributed by atoms with Crippen LogP contribution in [0.3, 0.4) is 0 Å². The Balaban J connectivity index is 2.03. The first-order valence-electron chi connectivity index (χ1n) is 6.84. The van der Waals surface area contributed by atoms with E-state index >= 15 is 0 Å². The molecule has 3 nitrogen and oxygen atoms in total. The van der Waals surface area contributed by atoms with E-state index in [0.29, 0.717) is 23.7 Å². The maximum atomic E-state index is 12.2. The van der Waals surface area contributed by atoms with Crippen molar-refractivity contribution in [3.8, 4) is 11.5 Å². The summed E-state index contributed by atoms with van der Waals surface area (Å²) in [7, 11) is 0. The third-order valence-corrected chi connectivity index (χ3v) is 3.54. The smallest absolute Gasteiger partial charge is 0.201 e. The summed E-state index contributed by atoms with van der Waals surface area (Å²) in [5.74, 6) is 1.18. The second-order valence-corrected chi connectivity index (χ2v) is 5.34. The summed E-state index contributed by atoms with van der Waals surface area (Å²) < 4.78 is 12.0. The Morgan fingerprint density at radius 3 is 2.29 bits per heavy atom. The van der Waals surface area contributed by atoms with Gasteiger partial charge in [-0.3, -0.25) is 4.79 Å². The number of hydrogen-bond acceptors (Lipinski definition) is 3. The quantitative estimate of drug-likeness (QED) is 0.691. The van der Waals surface area contributed by atoms with Gasteiger partial charge in [-0.1, -0.05) is 53.2 Å². The normalized spacial score (nSPS) is 10.2. The first kappa shape index (κ1) is 15.6. The summed E-state index contributed by atoms with van der Waals surface area (Å²) in [5.41, 5.74) is 0.615. The molecule has 110 valence electrons. The molecule has 0 aliphatic rings. The van der Waals surface area contributed by atoms with Crippen LogP contribution in [0.1, 0.15) is 23.7 Å². The fourth-order valence-electron chi connectivity index (χ4n) is 1.81. The van der Waals surface area contributed by atoms with E-state index in [1.165, 1.54) is 0 Å². The minimum atomic E-state index is -0.0761. The van der Waals surface area contributed by atoms with Crippen LogP contribution in [0, 0.1) is 0 Å². The Bertz CT molecular complexity index is 610. The number of benzene rings is 2. The number of halogens is 1. The monoisotopic (exact) mass is 348 g/mol. The summed E-state index contributed by atoms with van der Waals surface area (Å²) in [5, 5.41) is 0. The number of ketones is 1. The topological polar surface area (TPSA) is 35.5 Å². The van der Waals surface area contributed by atoms with Crippen molar-refractivity contribution in [1.29, 1.82) is 0 Å². The Hall–Kier alpha value is -1.81. The summed E-state index contributed by atoms with van der Waals surface area (Å²) in [6.07, 6.45) is 0.921. The van der Waals surface area contributed by atoms with Gasteiger partial charge in [-0.2, -0.15) is 0 Å². The summed E-state index contributed by atoms with van der Waals surface area (Å²) in [4.78, 5) is 12.2. The van der Waals surface area contributed by atoms with Gasteiger partial charge in [0, 0.05) is 10.0 Å². The maximum Gasteiger partial charge on any atom is 0.201 e. The molecule has 0 atom stereocenters. The molecule has 0 spiro atoms. The van der Waals surface area contributed by atoms with Crippen molar-refractivity contribution in [2.24, 2.45) is 0 Å². The molecule has 4 heteroatoms. The molecule has 0 fully saturated rings. The molecule has 0 bridgehead atoms. The third kappa shape index (κ3) is 4.33. The lowest BCUT2D eigenvalue weighted by Gasteiger charge is -2.12. The van der Waals surface area contributed by atoms with E-state index < -0.39 is 0 Å². The van der Waals surface area contributed by atoms with E-state index in [1.54, 1.807) is 12.1 Å². The second-order valence-electron chi connectivity index (χ2n) is 4.49. The lowest BCUT2D eigenvalue weighted by atomic mass is 10.1. The van der Waals surface area contributed by atoms with Crippen LogP contribution >= 0.6 is 15.9 Å². The fourth-order valence-corrected chi connectivity index (χ4v) is 2.31. The van der Waals surface area contributed by atoms with Crippen molar-refractivity contribution in [2.75, 3.05) is 13.2 Å². The number of Topliss-reactive ketones (excluding diaryl/α,β-unsaturated/α-hetero) is 1. The third-order valence-electron chi connectivity index (χ3n) is 2.84. The highest BCUT2D eigenvalue weighted by Crippen LogP contribution is 2.27. The first-order chi connectivity index (χ1) is 10.2. The van der Waals surface area contributed by atoms with Crippen LogP contribution in [0.4, 0.5) is 0 Å². The highest BCUT2D eigenvalue weighted by atomic mass is 79.9. The maximum absolute atomic E-state index is 12.2. The molecular formula is C17H17BrO3. The average Bonchev–Trinajstić information content (AvgIpc) is 2.52. The van der Waals surface area contributed by atoms with Gasteiger partial charge < -0.3 is 9.47 Å². The van der Waals surface area contributed by atoms with E-state index in [1.807, 2.05) is 43.3 Å². The van der Waals surface area contributed by atoms with E-state index in [-0.39, 0.29) is 12.4 Å². The van der Waals surface area contributed by atoms with Crippen molar-refractivity contribution in [3.63, 3.8) is 0 Å². The van der Waals surface area contributed by atoms with Gasteiger partial charge in [-0.15, -0.1) is 0 Å². The SMILES string of the molecule is CCCOc1ccccc1OCC(=O)c1ccccc1Br. The average molecular weight is 349 g/mol. The molecular weight excluding hydrogens is 332 g/mol. The summed E-state index contributed by atoms with van der Waals surface area (Å²) in [6, 6.07) is 14.7. The van der Waals surface area contributed by atoms with Crippen LogP contribution in [0.25, 0.3) is 0 Å². The van der Waals surface area contributed by atoms with Gasteiger partial charge in [0.25, 0.3) is 0 Å². The fraction of sp³-hybridized carbons (Fsp3) is 0.235. The molecule has 0 saturated carbocycles. The Labute approximate surface area is 133 Å². The molecule has 0 radical (unpaired) electrons. The lowest BCUT2D eigenvalue weighted by Crippen LogP contribution is -2.12. The van der Waals surface area contributed by atoms with Crippen LogP contribution in [-0.2, 0) is 0 Å². The molecule has 2 aromatic rings. The minimum absolute atomic E-state index is 0.0187. The molecule has 0 unspecified atom stereocenters. The summed E-state index contributed by atoms with van der Waals surface area (Å²) >= 11 is 3.37. The zero-order valence-electron chi connectivity index (χ0n) is 11.8. The van der Waals surface area contributed by atoms with Gasteiger partial charge in [-0.05, 0) is 24.6 Å². The van der Waals surface area contributed by atoms with Crippen molar-refractivity contribution < 1.29 is 14.3 Å². The second kappa shape index (κ2) is 7.84. The number of ether oxygens (including phenoxy) is 2. The zero-order chi connectivity index (χ0) is 15.1. The summed E-state index contributed by atoms with van der Waals surface area (Å²) in [6.45, 7) is 2.65. The van der Waals surface area contributed by atoms with Crippen LogP contribution in [-0.4, -0.2) is 19.0 Å².